The number of halogens is 2. The molecular formula is C10H6Cl2N4O2S. The van der Waals surface area contributed by atoms with Gasteiger partial charge in [-0.25, -0.2) is 0 Å². The number of hydrogen-bond acceptors (Lipinski definition) is 5. The summed E-state index contributed by atoms with van der Waals surface area (Å²) in [6.07, 6.45) is 0. The third-order valence-corrected chi connectivity index (χ3v) is 3.44. The van der Waals surface area contributed by atoms with E-state index in [1.807, 2.05) is 0 Å². The average Bonchev–Trinajstić information content (AvgIpc) is 2.78. The molecule has 1 aromatic heterocycles. The lowest BCUT2D eigenvalue weighted by molar-refractivity contribution is 0.0996. The van der Waals surface area contributed by atoms with Gasteiger partial charge >= 0.3 is 0 Å². The van der Waals surface area contributed by atoms with Crippen molar-refractivity contribution in [3.05, 3.63) is 38.3 Å². The zero-order valence-electron chi connectivity index (χ0n) is 9.18. The molecule has 0 radical (unpaired) electrons. The van der Waals surface area contributed by atoms with Crippen molar-refractivity contribution >= 4 is 52.0 Å². The van der Waals surface area contributed by atoms with Gasteiger partial charge in [-0.1, -0.05) is 22.9 Å². The van der Waals surface area contributed by atoms with Gasteiger partial charge < -0.3 is 11.1 Å². The molecule has 3 N–H and O–H groups in total. The number of benzene rings is 1. The Morgan fingerprint density at radius 3 is 2.58 bits per heavy atom. The molecule has 6 nitrogen and oxygen atoms in total. The van der Waals surface area contributed by atoms with E-state index in [9.17, 15) is 9.59 Å². The number of amides is 2. The van der Waals surface area contributed by atoms with Gasteiger partial charge in [0.15, 0.2) is 0 Å². The number of nitrogens with zero attached hydrogens (tertiary/aromatic N) is 2. The number of aromatic nitrogens is 2. The Kier molecular flexibility index (Phi) is 3.98. The van der Waals surface area contributed by atoms with Crippen molar-refractivity contribution in [2.45, 2.75) is 0 Å². The molecule has 0 saturated carbocycles. The van der Waals surface area contributed by atoms with Crippen LogP contribution in [0.1, 0.15) is 20.2 Å². The van der Waals surface area contributed by atoms with E-state index in [-0.39, 0.29) is 25.7 Å². The van der Waals surface area contributed by atoms with Crippen molar-refractivity contribution in [2.75, 3.05) is 5.32 Å². The van der Waals surface area contributed by atoms with Gasteiger partial charge in [0, 0.05) is 5.56 Å². The van der Waals surface area contributed by atoms with Gasteiger partial charge in [-0.05, 0) is 29.8 Å². The summed E-state index contributed by atoms with van der Waals surface area (Å²) in [5.41, 5.74) is 5.64. The molecule has 0 saturated heterocycles. The smallest absolute Gasteiger partial charge is 0.286 e. The average molecular weight is 317 g/mol. The van der Waals surface area contributed by atoms with Crippen LogP contribution >= 0.6 is 34.5 Å². The van der Waals surface area contributed by atoms with Crippen LogP contribution in [0, 0.1) is 0 Å². The number of anilines is 1. The molecular weight excluding hydrogens is 311 g/mol. The van der Waals surface area contributed by atoms with Crippen LogP contribution in [0.15, 0.2) is 18.2 Å². The predicted octanol–water partition coefficient (Wildman–Crippen LogP) is 2.20. The number of hydrogen-bond donors (Lipinski definition) is 2. The standard InChI is InChI=1S/C10H6Cl2N4O2S/c11-5-2-1-4(7(13)17)3-6(5)14-8(18)9-15-16-10(12)19-9/h1-3H,(H2,13,17)(H,14,18). The highest BCUT2D eigenvalue weighted by atomic mass is 35.5. The molecule has 0 fully saturated rings. The zero-order valence-corrected chi connectivity index (χ0v) is 11.5. The van der Waals surface area contributed by atoms with Crippen LogP contribution in [-0.4, -0.2) is 22.0 Å². The highest BCUT2D eigenvalue weighted by molar-refractivity contribution is 7.17. The van der Waals surface area contributed by atoms with E-state index in [4.69, 9.17) is 28.9 Å². The van der Waals surface area contributed by atoms with E-state index < -0.39 is 11.8 Å². The van der Waals surface area contributed by atoms with Crippen LogP contribution in [0.25, 0.3) is 0 Å². The SMILES string of the molecule is NC(=O)c1ccc(Cl)c(NC(=O)c2nnc(Cl)s2)c1. The van der Waals surface area contributed by atoms with Crippen LogP contribution in [0.4, 0.5) is 5.69 Å². The molecule has 0 aliphatic rings. The van der Waals surface area contributed by atoms with Crippen molar-refractivity contribution < 1.29 is 9.59 Å². The summed E-state index contributed by atoms with van der Waals surface area (Å²) in [4.78, 5) is 22.9. The first-order valence-electron chi connectivity index (χ1n) is 4.87. The monoisotopic (exact) mass is 316 g/mol. The number of nitrogens with one attached hydrogen (secondary N) is 1. The third-order valence-electron chi connectivity index (χ3n) is 2.09. The van der Waals surface area contributed by atoms with Crippen LogP contribution in [0.2, 0.25) is 9.49 Å². The molecule has 2 aromatic rings. The second-order valence-corrected chi connectivity index (χ2v) is 5.34. The van der Waals surface area contributed by atoms with E-state index in [0.29, 0.717) is 0 Å². The molecule has 0 unspecified atom stereocenters. The summed E-state index contributed by atoms with van der Waals surface area (Å²) < 4.78 is 0.155. The largest absolute Gasteiger partial charge is 0.366 e. The second kappa shape index (κ2) is 5.52. The van der Waals surface area contributed by atoms with Crippen LogP contribution in [-0.2, 0) is 0 Å². The fraction of sp³-hybridized carbons (Fsp3) is 0. The lowest BCUT2D eigenvalue weighted by atomic mass is 10.2. The van der Waals surface area contributed by atoms with Crippen LogP contribution in [0.5, 0.6) is 0 Å². The fourth-order valence-electron chi connectivity index (χ4n) is 1.25. The summed E-state index contributed by atoms with van der Waals surface area (Å²) in [5, 5.41) is 9.97. The highest BCUT2D eigenvalue weighted by Gasteiger charge is 2.14. The molecule has 1 aromatic carbocycles. The minimum absolute atomic E-state index is 0.0885. The van der Waals surface area contributed by atoms with Gasteiger partial charge in [-0.2, -0.15) is 0 Å². The summed E-state index contributed by atoms with van der Waals surface area (Å²) in [6, 6.07) is 4.30. The van der Waals surface area contributed by atoms with Crippen LogP contribution < -0.4 is 11.1 Å². The lowest BCUT2D eigenvalue weighted by Gasteiger charge is -2.06. The molecule has 0 spiro atoms. The Balaban J connectivity index is 2.25. The van der Waals surface area contributed by atoms with Gasteiger partial charge in [0.05, 0.1) is 10.7 Å². The summed E-state index contributed by atoms with van der Waals surface area (Å²) in [5.74, 6) is -1.14. The van der Waals surface area contributed by atoms with Gasteiger partial charge in [0.1, 0.15) is 0 Å². The maximum absolute atomic E-state index is 11.8. The highest BCUT2D eigenvalue weighted by Crippen LogP contribution is 2.24. The lowest BCUT2D eigenvalue weighted by Crippen LogP contribution is -2.14. The number of rotatable bonds is 3. The molecule has 19 heavy (non-hydrogen) atoms. The fourth-order valence-corrected chi connectivity index (χ4v) is 2.14. The first-order chi connectivity index (χ1) is 8.97. The summed E-state index contributed by atoms with van der Waals surface area (Å²) >= 11 is 12.4. The molecule has 1 heterocycles. The Hall–Kier alpha value is -1.70. The van der Waals surface area contributed by atoms with E-state index in [1.165, 1.54) is 18.2 Å². The summed E-state index contributed by atoms with van der Waals surface area (Å²) in [6.45, 7) is 0. The Bertz CT molecular complexity index is 659. The zero-order chi connectivity index (χ0) is 14.0. The van der Waals surface area contributed by atoms with E-state index in [2.05, 4.69) is 15.5 Å². The van der Waals surface area contributed by atoms with Gasteiger partial charge in [0.25, 0.3) is 5.91 Å². The molecule has 0 bridgehead atoms. The second-order valence-electron chi connectivity index (χ2n) is 3.37. The third kappa shape index (κ3) is 3.19. The van der Waals surface area contributed by atoms with Crippen molar-refractivity contribution in [1.29, 1.82) is 0 Å². The van der Waals surface area contributed by atoms with E-state index in [0.717, 1.165) is 11.3 Å². The maximum atomic E-state index is 11.8. The Labute approximate surface area is 121 Å². The van der Waals surface area contributed by atoms with E-state index >= 15 is 0 Å². The Morgan fingerprint density at radius 2 is 2.00 bits per heavy atom. The predicted molar refractivity (Wildman–Crippen MR) is 72.8 cm³/mol. The minimum Gasteiger partial charge on any atom is -0.366 e. The van der Waals surface area contributed by atoms with Gasteiger partial charge in [-0.15, -0.1) is 10.2 Å². The van der Waals surface area contributed by atoms with Crippen molar-refractivity contribution in [2.24, 2.45) is 5.73 Å². The number of nitrogens with two attached hydrogens (primary N) is 1. The van der Waals surface area contributed by atoms with Gasteiger partial charge in [-0.3, -0.25) is 9.59 Å². The number of carbonyl (C=O) groups excluding carboxylic acids is 2. The molecule has 0 aliphatic carbocycles. The molecule has 0 aliphatic heterocycles. The maximum Gasteiger partial charge on any atom is 0.286 e. The van der Waals surface area contributed by atoms with Crippen LogP contribution in [0.3, 0.4) is 0 Å². The first-order valence-corrected chi connectivity index (χ1v) is 6.44. The molecule has 98 valence electrons. The van der Waals surface area contributed by atoms with Crippen molar-refractivity contribution in [3.63, 3.8) is 0 Å². The van der Waals surface area contributed by atoms with Crippen molar-refractivity contribution in [1.82, 2.24) is 10.2 Å². The molecule has 2 amide bonds. The summed E-state index contributed by atoms with van der Waals surface area (Å²) in [7, 11) is 0. The number of primary amides is 1. The first kappa shape index (κ1) is 13.7. The van der Waals surface area contributed by atoms with E-state index in [1.54, 1.807) is 0 Å². The van der Waals surface area contributed by atoms with Gasteiger partial charge in [0.2, 0.25) is 15.4 Å². The molecule has 9 heteroatoms. The Morgan fingerprint density at radius 1 is 1.26 bits per heavy atom. The minimum atomic E-state index is -0.619. The molecule has 2 rings (SSSR count). The number of carbonyl (C=O) groups is 2. The topological polar surface area (TPSA) is 98.0 Å². The normalized spacial score (nSPS) is 10.2. The van der Waals surface area contributed by atoms with Crippen molar-refractivity contribution in [3.8, 4) is 0 Å². The molecule has 0 atom stereocenters. The quantitative estimate of drug-likeness (QED) is 0.906.